The summed E-state index contributed by atoms with van der Waals surface area (Å²) in [7, 11) is -3.88. The fraction of sp³-hybridized carbons (Fsp3) is 0. The normalized spacial score (nSPS) is 11.2. The molecule has 1 aromatic heterocycles. The number of hydrazine groups is 1. The summed E-state index contributed by atoms with van der Waals surface area (Å²) < 4.78 is 28.5. The van der Waals surface area contributed by atoms with Gasteiger partial charge >= 0.3 is 5.91 Å². The minimum Gasteiger partial charge on any atom is -0.459 e. The molecular formula is C11H9ClN2O4S. The first-order valence-corrected chi connectivity index (χ1v) is 6.96. The van der Waals surface area contributed by atoms with Crippen molar-refractivity contribution in [1.29, 1.82) is 0 Å². The third-order valence-corrected chi connectivity index (χ3v) is 3.63. The van der Waals surface area contributed by atoms with Crippen molar-refractivity contribution in [1.82, 2.24) is 10.3 Å². The third kappa shape index (κ3) is 3.34. The van der Waals surface area contributed by atoms with Crippen LogP contribution in [0.4, 0.5) is 0 Å². The predicted molar refractivity (Wildman–Crippen MR) is 67.9 cm³/mol. The van der Waals surface area contributed by atoms with Gasteiger partial charge < -0.3 is 4.42 Å². The highest BCUT2D eigenvalue weighted by atomic mass is 35.5. The van der Waals surface area contributed by atoms with E-state index in [9.17, 15) is 13.2 Å². The van der Waals surface area contributed by atoms with E-state index < -0.39 is 15.9 Å². The quantitative estimate of drug-likeness (QED) is 0.839. The van der Waals surface area contributed by atoms with E-state index in [1.54, 1.807) is 6.07 Å². The molecule has 0 radical (unpaired) electrons. The summed E-state index contributed by atoms with van der Waals surface area (Å²) in [6.45, 7) is 0. The van der Waals surface area contributed by atoms with Gasteiger partial charge in [-0.1, -0.05) is 17.7 Å². The molecule has 0 aliphatic heterocycles. The topological polar surface area (TPSA) is 88.4 Å². The van der Waals surface area contributed by atoms with E-state index in [2.05, 4.69) is 0 Å². The molecule has 0 saturated carbocycles. The number of carbonyl (C=O) groups excluding carboxylic acids is 1. The summed E-state index contributed by atoms with van der Waals surface area (Å²) in [6, 6.07) is 8.58. The van der Waals surface area contributed by atoms with Crippen LogP contribution in [0.25, 0.3) is 0 Å². The Kier molecular flexibility index (Phi) is 3.89. The zero-order chi connectivity index (χ0) is 13.9. The van der Waals surface area contributed by atoms with Crippen LogP contribution in [0.5, 0.6) is 0 Å². The van der Waals surface area contributed by atoms with Crippen LogP contribution in [0, 0.1) is 0 Å². The summed E-state index contributed by atoms with van der Waals surface area (Å²) >= 11 is 5.70. The minimum atomic E-state index is -3.88. The first-order chi connectivity index (χ1) is 8.99. The van der Waals surface area contributed by atoms with E-state index in [0.717, 1.165) is 0 Å². The highest BCUT2D eigenvalue weighted by Gasteiger charge is 2.16. The molecule has 1 aromatic carbocycles. The zero-order valence-corrected chi connectivity index (χ0v) is 11.0. The number of rotatable bonds is 4. The van der Waals surface area contributed by atoms with Gasteiger partial charge in [0.25, 0.3) is 10.0 Å². The second kappa shape index (κ2) is 5.43. The molecule has 0 saturated heterocycles. The van der Waals surface area contributed by atoms with Gasteiger partial charge in [0.1, 0.15) is 0 Å². The van der Waals surface area contributed by atoms with Crippen molar-refractivity contribution in [2.75, 3.05) is 0 Å². The SMILES string of the molecule is O=C(NNS(=O)(=O)c1cccc(Cl)c1)c1ccco1. The van der Waals surface area contributed by atoms with Crippen LogP contribution in [0.15, 0.2) is 52.0 Å². The standard InChI is InChI=1S/C11H9ClN2O4S/c12-8-3-1-4-9(7-8)19(16,17)14-13-11(15)10-5-2-6-18-10/h1-7,14H,(H,13,15). The average molecular weight is 301 g/mol. The number of amides is 1. The molecule has 1 heterocycles. The molecule has 0 spiro atoms. The molecule has 2 aromatic rings. The molecule has 0 bridgehead atoms. The monoisotopic (exact) mass is 300 g/mol. The molecule has 100 valence electrons. The van der Waals surface area contributed by atoms with E-state index in [4.69, 9.17) is 16.0 Å². The number of sulfonamides is 1. The number of nitrogens with one attached hydrogen (secondary N) is 2. The molecule has 0 atom stereocenters. The maximum atomic E-state index is 11.8. The number of carbonyl (C=O) groups is 1. The molecule has 0 aliphatic carbocycles. The summed E-state index contributed by atoms with van der Waals surface area (Å²) in [6.07, 6.45) is 1.31. The van der Waals surface area contributed by atoms with Gasteiger partial charge in [-0.3, -0.25) is 10.2 Å². The van der Waals surface area contributed by atoms with E-state index in [1.807, 2.05) is 10.3 Å². The molecule has 8 heteroatoms. The first kappa shape index (κ1) is 13.6. The molecule has 2 N–H and O–H groups in total. The van der Waals surface area contributed by atoms with Crippen molar-refractivity contribution in [3.63, 3.8) is 0 Å². The van der Waals surface area contributed by atoms with Gasteiger partial charge in [0, 0.05) is 5.02 Å². The van der Waals surface area contributed by atoms with E-state index in [-0.39, 0.29) is 15.7 Å². The van der Waals surface area contributed by atoms with Crippen molar-refractivity contribution in [2.24, 2.45) is 0 Å². The number of furan rings is 1. The Bertz CT molecular complexity index is 682. The molecule has 0 fully saturated rings. The van der Waals surface area contributed by atoms with Gasteiger partial charge in [0.15, 0.2) is 5.76 Å². The van der Waals surface area contributed by atoms with Crippen LogP contribution in [-0.4, -0.2) is 14.3 Å². The lowest BCUT2D eigenvalue weighted by Crippen LogP contribution is -2.41. The van der Waals surface area contributed by atoms with Crippen molar-refractivity contribution in [2.45, 2.75) is 4.90 Å². The minimum absolute atomic E-state index is 0.00575. The Labute approximate surface area is 114 Å². The van der Waals surface area contributed by atoms with Crippen LogP contribution in [-0.2, 0) is 10.0 Å². The maximum Gasteiger partial charge on any atom is 0.301 e. The van der Waals surface area contributed by atoms with Gasteiger partial charge in [-0.15, -0.1) is 4.83 Å². The number of hydrogen-bond donors (Lipinski definition) is 2. The van der Waals surface area contributed by atoms with Gasteiger partial charge in [-0.2, -0.15) is 0 Å². The second-order valence-corrected chi connectivity index (χ2v) is 5.61. The fourth-order valence-electron chi connectivity index (χ4n) is 1.28. The summed E-state index contributed by atoms with van der Waals surface area (Å²) in [5.41, 5.74) is 2.03. The lowest BCUT2D eigenvalue weighted by molar-refractivity contribution is 0.0917. The van der Waals surface area contributed by atoms with E-state index in [1.165, 1.54) is 36.6 Å². The van der Waals surface area contributed by atoms with Crippen LogP contribution >= 0.6 is 11.6 Å². The van der Waals surface area contributed by atoms with Crippen LogP contribution in [0.3, 0.4) is 0 Å². The smallest absolute Gasteiger partial charge is 0.301 e. The summed E-state index contributed by atoms with van der Waals surface area (Å²) in [5.74, 6) is -0.704. The van der Waals surface area contributed by atoms with Crippen LogP contribution < -0.4 is 10.3 Å². The Morgan fingerprint density at radius 2 is 2.00 bits per heavy atom. The molecule has 1 amide bonds. The van der Waals surface area contributed by atoms with Crippen molar-refractivity contribution in [3.05, 3.63) is 53.4 Å². The maximum absolute atomic E-state index is 11.8. The van der Waals surface area contributed by atoms with Crippen molar-refractivity contribution >= 4 is 27.5 Å². The third-order valence-electron chi connectivity index (χ3n) is 2.15. The summed E-state index contributed by atoms with van der Waals surface area (Å²) in [4.78, 5) is 13.4. The van der Waals surface area contributed by atoms with Crippen LogP contribution in [0.2, 0.25) is 5.02 Å². The number of halogens is 1. The van der Waals surface area contributed by atoms with Gasteiger partial charge in [-0.05, 0) is 30.3 Å². The molecule has 19 heavy (non-hydrogen) atoms. The van der Waals surface area contributed by atoms with Crippen molar-refractivity contribution < 1.29 is 17.6 Å². The average Bonchev–Trinajstić information content (AvgIpc) is 2.90. The largest absolute Gasteiger partial charge is 0.459 e. The Morgan fingerprint density at radius 1 is 1.21 bits per heavy atom. The van der Waals surface area contributed by atoms with Crippen molar-refractivity contribution in [3.8, 4) is 0 Å². The van der Waals surface area contributed by atoms with Gasteiger partial charge in [0.2, 0.25) is 0 Å². The molecule has 6 nitrogen and oxygen atoms in total. The van der Waals surface area contributed by atoms with Crippen LogP contribution in [0.1, 0.15) is 10.6 Å². The highest BCUT2D eigenvalue weighted by Crippen LogP contribution is 2.14. The Morgan fingerprint density at radius 3 is 2.63 bits per heavy atom. The lowest BCUT2D eigenvalue weighted by Gasteiger charge is -2.07. The molecule has 2 rings (SSSR count). The second-order valence-electron chi connectivity index (χ2n) is 3.49. The Hall–Kier alpha value is -1.83. The predicted octanol–water partition coefficient (Wildman–Crippen LogP) is 1.56. The van der Waals surface area contributed by atoms with Gasteiger partial charge in [0.05, 0.1) is 11.2 Å². The molecule has 0 unspecified atom stereocenters. The van der Waals surface area contributed by atoms with E-state index >= 15 is 0 Å². The molecule has 0 aliphatic rings. The summed E-state index contributed by atoms with van der Waals surface area (Å²) in [5, 5.41) is 0.278. The zero-order valence-electron chi connectivity index (χ0n) is 9.46. The van der Waals surface area contributed by atoms with Gasteiger partial charge in [-0.25, -0.2) is 8.42 Å². The fourth-order valence-corrected chi connectivity index (χ4v) is 2.42. The highest BCUT2D eigenvalue weighted by molar-refractivity contribution is 7.89. The number of hydrogen-bond acceptors (Lipinski definition) is 4. The lowest BCUT2D eigenvalue weighted by atomic mass is 10.4. The Balaban J connectivity index is 2.08. The number of benzene rings is 1. The molecular weight excluding hydrogens is 292 g/mol. The first-order valence-electron chi connectivity index (χ1n) is 5.10. The van der Waals surface area contributed by atoms with E-state index in [0.29, 0.717) is 0 Å².